The topological polar surface area (TPSA) is 87.7 Å². The van der Waals surface area contributed by atoms with Gasteiger partial charge in [-0.25, -0.2) is 0 Å². The molecule has 1 N–H and O–H groups in total. The van der Waals surface area contributed by atoms with Gasteiger partial charge in [0.1, 0.15) is 5.75 Å². The van der Waals surface area contributed by atoms with Crippen LogP contribution in [0.3, 0.4) is 0 Å². The Morgan fingerprint density at radius 2 is 1.70 bits per heavy atom. The van der Waals surface area contributed by atoms with Crippen molar-refractivity contribution in [2.24, 2.45) is 0 Å². The number of carboxylic acids is 1. The summed E-state index contributed by atoms with van der Waals surface area (Å²) in [6.45, 7) is 2.93. The first kappa shape index (κ1) is 30.5. The molecule has 0 spiro atoms. The van der Waals surface area contributed by atoms with Crippen molar-refractivity contribution in [3.8, 4) is 16.9 Å². The van der Waals surface area contributed by atoms with Crippen molar-refractivity contribution in [2.45, 2.75) is 32.4 Å². The number of carboxylic acid groups (broad SMARTS) is 1. The van der Waals surface area contributed by atoms with Crippen LogP contribution in [0.15, 0.2) is 66.7 Å². The maximum atomic E-state index is 13.2. The van der Waals surface area contributed by atoms with E-state index in [9.17, 15) is 14.7 Å². The molecule has 0 bridgehead atoms. The van der Waals surface area contributed by atoms with Gasteiger partial charge in [-0.3, -0.25) is 4.79 Å². The van der Waals surface area contributed by atoms with Gasteiger partial charge in [0, 0.05) is 5.56 Å². The maximum absolute atomic E-state index is 13.2. The van der Waals surface area contributed by atoms with E-state index in [-0.39, 0.29) is 18.9 Å². The van der Waals surface area contributed by atoms with Gasteiger partial charge in [0.15, 0.2) is 0 Å². The van der Waals surface area contributed by atoms with E-state index >= 15 is 0 Å². The standard InChI is InChI=1S/C29H33NO5S.Li/c1-20-6-4-5-7-24(20)26-18-22(19-35-16-14-21-8-11-23(34-2)12-9-21)10-13-25(26)28(31)30-27(29(32)33)15-17-36-3;/h4-13,18,27H,14-17,19H2,1-3H3,(H,30,31)(H,32,33);/q;+1/p-1/t27-;/m0./s1. The molecule has 0 aliphatic heterocycles. The van der Waals surface area contributed by atoms with Crippen LogP contribution in [0, 0.1) is 6.92 Å². The van der Waals surface area contributed by atoms with Crippen molar-refractivity contribution in [3.63, 3.8) is 0 Å². The Labute approximate surface area is 235 Å². The third kappa shape index (κ3) is 8.98. The molecular formula is C29H32LiNO5S. The molecule has 0 saturated carbocycles. The third-order valence-corrected chi connectivity index (χ3v) is 6.57. The number of thioether (sulfide) groups is 1. The number of hydrogen-bond donors (Lipinski definition) is 1. The molecule has 1 atom stereocenters. The number of rotatable bonds is 13. The first-order valence-electron chi connectivity index (χ1n) is 11.8. The van der Waals surface area contributed by atoms with Gasteiger partial charge >= 0.3 is 18.9 Å². The smallest absolute Gasteiger partial charge is 0.548 e. The second kappa shape index (κ2) is 15.5. The largest absolute Gasteiger partial charge is 1.00 e. The summed E-state index contributed by atoms with van der Waals surface area (Å²) in [7, 11) is 1.64. The number of aryl methyl sites for hydroxylation is 1. The van der Waals surface area contributed by atoms with E-state index in [1.165, 1.54) is 11.8 Å². The van der Waals surface area contributed by atoms with Gasteiger partial charge in [0.05, 0.1) is 32.3 Å². The van der Waals surface area contributed by atoms with E-state index in [2.05, 4.69) is 5.32 Å². The van der Waals surface area contributed by atoms with Crippen molar-refractivity contribution in [1.82, 2.24) is 5.32 Å². The van der Waals surface area contributed by atoms with Crippen molar-refractivity contribution in [2.75, 3.05) is 25.7 Å². The number of amides is 1. The zero-order valence-electron chi connectivity index (χ0n) is 21.9. The van der Waals surface area contributed by atoms with Crippen LogP contribution in [0.2, 0.25) is 0 Å². The Morgan fingerprint density at radius 3 is 2.35 bits per heavy atom. The Bertz CT molecular complexity index is 1170. The van der Waals surface area contributed by atoms with Crippen LogP contribution in [0.25, 0.3) is 11.1 Å². The van der Waals surface area contributed by atoms with E-state index in [4.69, 9.17) is 9.47 Å². The average Bonchev–Trinajstić information content (AvgIpc) is 2.89. The minimum absolute atomic E-state index is 0. The molecule has 0 radical (unpaired) electrons. The van der Waals surface area contributed by atoms with Gasteiger partial charge in [0.25, 0.3) is 5.91 Å². The first-order valence-corrected chi connectivity index (χ1v) is 13.2. The molecule has 1 amide bonds. The summed E-state index contributed by atoms with van der Waals surface area (Å²) < 4.78 is 11.1. The predicted molar refractivity (Wildman–Crippen MR) is 142 cm³/mol. The van der Waals surface area contributed by atoms with E-state index in [0.29, 0.717) is 31.0 Å². The summed E-state index contributed by atoms with van der Waals surface area (Å²) in [5.41, 5.74) is 5.18. The molecule has 0 heterocycles. The van der Waals surface area contributed by atoms with Crippen molar-refractivity contribution in [3.05, 3.63) is 89.0 Å². The summed E-state index contributed by atoms with van der Waals surface area (Å²) in [5.74, 6) is -0.286. The fraction of sp³-hybridized carbons (Fsp3) is 0.310. The summed E-state index contributed by atoms with van der Waals surface area (Å²) >= 11 is 1.52. The zero-order valence-corrected chi connectivity index (χ0v) is 22.7. The normalized spacial score (nSPS) is 11.3. The van der Waals surface area contributed by atoms with Gasteiger partial charge in [-0.05, 0) is 83.9 Å². The van der Waals surface area contributed by atoms with Crippen molar-refractivity contribution in [1.29, 1.82) is 0 Å². The minimum Gasteiger partial charge on any atom is -0.548 e. The Kier molecular flexibility index (Phi) is 12.8. The molecule has 0 unspecified atom stereocenters. The molecule has 0 fully saturated rings. The number of aliphatic carboxylic acids is 1. The van der Waals surface area contributed by atoms with E-state index < -0.39 is 17.9 Å². The SMILES string of the molecule is COc1ccc(CCOCc2ccc(C(=O)N[C@@H](CCSC)C(=O)[O-])c(-c3ccccc3C)c2)cc1.[Li+]. The second-order valence-corrected chi connectivity index (χ2v) is 9.46. The summed E-state index contributed by atoms with van der Waals surface area (Å²) in [6.07, 6.45) is 2.97. The summed E-state index contributed by atoms with van der Waals surface area (Å²) in [5, 5.41) is 14.2. The van der Waals surface area contributed by atoms with E-state index in [1.54, 1.807) is 13.2 Å². The summed E-state index contributed by atoms with van der Waals surface area (Å²) in [4.78, 5) is 24.7. The second-order valence-electron chi connectivity index (χ2n) is 8.47. The Balaban J connectivity index is 0.00000481. The molecule has 3 aromatic carbocycles. The van der Waals surface area contributed by atoms with Gasteiger partial charge in [-0.2, -0.15) is 11.8 Å². The number of ether oxygens (including phenoxy) is 2. The molecule has 3 aromatic rings. The van der Waals surface area contributed by atoms with Gasteiger partial charge in [0.2, 0.25) is 0 Å². The van der Waals surface area contributed by atoms with Crippen LogP contribution in [0.4, 0.5) is 0 Å². The minimum atomic E-state index is -1.28. The molecule has 3 rings (SSSR count). The molecular weight excluding hydrogens is 481 g/mol. The van der Waals surface area contributed by atoms with Crippen LogP contribution in [0.5, 0.6) is 5.75 Å². The van der Waals surface area contributed by atoms with Crippen LogP contribution >= 0.6 is 11.8 Å². The molecule has 0 saturated heterocycles. The van der Waals surface area contributed by atoms with Crippen LogP contribution in [-0.2, 0) is 22.6 Å². The fourth-order valence-corrected chi connectivity index (χ4v) is 4.34. The fourth-order valence-electron chi connectivity index (χ4n) is 3.87. The third-order valence-electron chi connectivity index (χ3n) is 5.93. The predicted octanol–water partition coefficient (Wildman–Crippen LogP) is 1.04. The van der Waals surface area contributed by atoms with Gasteiger partial charge in [-0.15, -0.1) is 0 Å². The van der Waals surface area contributed by atoms with Gasteiger partial charge in [-0.1, -0.05) is 42.5 Å². The number of nitrogens with one attached hydrogen (secondary N) is 1. The van der Waals surface area contributed by atoms with Crippen LogP contribution < -0.4 is 34.0 Å². The summed E-state index contributed by atoms with van der Waals surface area (Å²) in [6, 6.07) is 20.2. The maximum Gasteiger partial charge on any atom is 1.00 e. The average molecular weight is 514 g/mol. The Hall–Kier alpha value is -2.69. The van der Waals surface area contributed by atoms with Crippen LogP contribution in [-0.4, -0.2) is 43.6 Å². The quantitative estimate of drug-likeness (QED) is 0.272. The van der Waals surface area contributed by atoms with Crippen molar-refractivity contribution < 1.29 is 43.0 Å². The number of methoxy groups -OCH3 is 1. The number of benzene rings is 3. The van der Waals surface area contributed by atoms with Gasteiger partial charge < -0.3 is 24.7 Å². The monoisotopic (exact) mass is 513 g/mol. The molecule has 0 aliphatic carbocycles. The molecule has 0 aliphatic rings. The van der Waals surface area contributed by atoms with E-state index in [0.717, 1.165) is 40.0 Å². The number of carbonyl (C=O) groups is 2. The van der Waals surface area contributed by atoms with Crippen molar-refractivity contribution >= 4 is 23.6 Å². The zero-order chi connectivity index (χ0) is 25.9. The number of hydrogen-bond acceptors (Lipinski definition) is 6. The number of carbonyl (C=O) groups excluding carboxylic acids is 2. The molecule has 8 heteroatoms. The molecule has 6 nitrogen and oxygen atoms in total. The van der Waals surface area contributed by atoms with Crippen LogP contribution in [0.1, 0.15) is 33.5 Å². The Morgan fingerprint density at radius 1 is 1.00 bits per heavy atom. The molecule has 37 heavy (non-hydrogen) atoms. The van der Waals surface area contributed by atoms with E-state index in [1.807, 2.05) is 73.8 Å². The molecule has 190 valence electrons. The first-order chi connectivity index (χ1) is 17.4. The molecule has 0 aromatic heterocycles.